The van der Waals surface area contributed by atoms with Crippen molar-refractivity contribution in [2.45, 2.75) is 76.1 Å². The Balaban J connectivity index is 1.32. The maximum absolute atomic E-state index is 6.50. The molecule has 4 rings (SSSR count). The van der Waals surface area contributed by atoms with Gasteiger partial charge in [-0.25, -0.2) is 0 Å². The zero-order valence-corrected chi connectivity index (χ0v) is 13.4. The van der Waals surface area contributed by atoms with Crippen LogP contribution >= 0.6 is 0 Å². The summed E-state index contributed by atoms with van der Waals surface area (Å²) in [6.07, 6.45) is 14.0. The van der Waals surface area contributed by atoms with E-state index in [1.165, 1.54) is 77.4 Å². The molecular weight excluding hydrogens is 262 g/mol. The van der Waals surface area contributed by atoms with Crippen LogP contribution in [0.3, 0.4) is 0 Å². The van der Waals surface area contributed by atoms with Crippen molar-refractivity contribution in [1.29, 1.82) is 0 Å². The Hall–Kier alpha value is -0.120. The lowest BCUT2D eigenvalue weighted by molar-refractivity contribution is -0.907. The van der Waals surface area contributed by atoms with Gasteiger partial charge >= 0.3 is 0 Å². The third kappa shape index (κ3) is 3.16. The van der Waals surface area contributed by atoms with Crippen molar-refractivity contribution in [3.05, 3.63) is 0 Å². The Morgan fingerprint density at radius 1 is 0.905 bits per heavy atom. The standard InChI is InChI=1S/C18H31NO2/c1-4-10-19(11-5-1)13-17-14-20-18(21-17)9-8-15-6-2-3-7-16(15)12-18/h15-17H,1-14H2/p+1. The lowest BCUT2D eigenvalue weighted by Crippen LogP contribution is -3.13. The molecule has 0 radical (unpaired) electrons. The Labute approximate surface area is 129 Å². The normalized spacial score (nSPS) is 44.9. The number of quaternary nitrogens is 1. The average molecular weight is 294 g/mol. The third-order valence-corrected chi connectivity index (χ3v) is 6.53. The van der Waals surface area contributed by atoms with E-state index in [1.807, 2.05) is 0 Å². The zero-order valence-electron chi connectivity index (χ0n) is 13.4. The molecule has 2 saturated heterocycles. The lowest BCUT2D eigenvalue weighted by atomic mass is 9.69. The van der Waals surface area contributed by atoms with Gasteiger partial charge in [0.1, 0.15) is 12.6 Å². The molecule has 0 aromatic carbocycles. The van der Waals surface area contributed by atoms with Gasteiger partial charge in [-0.05, 0) is 43.9 Å². The fourth-order valence-electron chi connectivity index (χ4n) is 5.37. The molecule has 3 nitrogen and oxygen atoms in total. The number of ether oxygens (including phenoxy) is 2. The molecular formula is C18H32NO2+. The SMILES string of the molecule is C1CC[NH+](CC2COC3(CCC4CCCCC4C3)O2)CC1. The molecule has 4 atom stereocenters. The molecule has 2 saturated carbocycles. The fraction of sp³-hybridized carbons (Fsp3) is 1.00. The Morgan fingerprint density at radius 2 is 1.71 bits per heavy atom. The van der Waals surface area contributed by atoms with Crippen molar-refractivity contribution in [1.82, 2.24) is 0 Å². The van der Waals surface area contributed by atoms with Gasteiger partial charge in [0.05, 0.1) is 19.7 Å². The summed E-state index contributed by atoms with van der Waals surface area (Å²) >= 11 is 0. The first-order valence-corrected chi connectivity index (χ1v) is 9.48. The average Bonchev–Trinajstić information content (AvgIpc) is 2.90. The monoisotopic (exact) mass is 294 g/mol. The van der Waals surface area contributed by atoms with E-state index in [0.29, 0.717) is 6.10 Å². The molecule has 120 valence electrons. The molecule has 4 aliphatic rings. The quantitative estimate of drug-likeness (QED) is 0.843. The second-order valence-corrected chi connectivity index (χ2v) is 8.02. The molecule has 1 N–H and O–H groups in total. The molecule has 21 heavy (non-hydrogen) atoms. The topological polar surface area (TPSA) is 22.9 Å². The van der Waals surface area contributed by atoms with Crippen molar-refractivity contribution in [2.24, 2.45) is 11.8 Å². The number of nitrogens with one attached hydrogen (secondary N) is 1. The van der Waals surface area contributed by atoms with E-state index in [9.17, 15) is 0 Å². The van der Waals surface area contributed by atoms with Crippen LogP contribution in [0.1, 0.15) is 64.2 Å². The van der Waals surface area contributed by atoms with Crippen LogP contribution in [0.2, 0.25) is 0 Å². The van der Waals surface area contributed by atoms with Gasteiger partial charge in [0.15, 0.2) is 5.79 Å². The van der Waals surface area contributed by atoms with E-state index < -0.39 is 0 Å². The van der Waals surface area contributed by atoms with Crippen molar-refractivity contribution in [3.63, 3.8) is 0 Å². The van der Waals surface area contributed by atoms with Crippen LogP contribution in [0.4, 0.5) is 0 Å². The van der Waals surface area contributed by atoms with Gasteiger partial charge in [0, 0.05) is 12.8 Å². The number of likely N-dealkylation sites (tertiary alicyclic amines) is 1. The van der Waals surface area contributed by atoms with Crippen LogP contribution in [0, 0.1) is 11.8 Å². The van der Waals surface area contributed by atoms with Crippen LogP contribution < -0.4 is 4.90 Å². The van der Waals surface area contributed by atoms with Gasteiger partial charge in [0.2, 0.25) is 0 Å². The summed E-state index contributed by atoms with van der Waals surface area (Å²) in [5, 5.41) is 0. The number of fused-ring (bicyclic) bond motifs is 1. The van der Waals surface area contributed by atoms with Crippen LogP contribution in [0.25, 0.3) is 0 Å². The van der Waals surface area contributed by atoms with Crippen molar-refractivity contribution in [3.8, 4) is 0 Å². The molecule has 0 aromatic rings. The molecule has 4 unspecified atom stereocenters. The molecule has 2 aliphatic carbocycles. The predicted octanol–water partition coefficient (Wildman–Crippen LogP) is 2.16. The van der Waals surface area contributed by atoms with E-state index >= 15 is 0 Å². The highest BCUT2D eigenvalue weighted by molar-refractivity contribution is 4.91. The Kier molecular flexibility index (Phi) is 4.25. The molecule has 0 aromatic heterocycles. The second-order valence-electron chi connectivity index (χ2n) is 8.02. The van der Waals surface area contributed by atoms with E-state index in [1.54, 1.807) is 4.90 Å². The van der Waals surface area contributed by atoms with Crippen molar-refractivity contribution >= 4 is 0 Å². The van der Waals surface area contributed by atoms with Crippen LogP contribution in [-0.2, 0) is 9.47 Å². The fourth-order valence-corrected chi connectivity index (χ4v) is 5.37. The first kappa shape index (κ1) is 14.5. The highest BCUT2D eigenvalue weighted by Crippen LogP contribution is 2.48. The minimum absolute atomic E-state index is 0.182. The molecule has 0 bridgehead atoms. The van der Waals surface area contributed by atoms with E-state index in [-0.39, 0.29) is 5.79 Å². The van der Waals surface area contributed by atoms with Crippen LogP contribution in [0.5, 0.6) is 0 Å². The van der Waals surface area contributed by atoms with Crippen molar-refractivity contribution in [2.75, 3.05) is 26.2 Å². The summed E-state index contributed by atoms with van der Waals surface area (Å²) < 4.78 is 12.7. The summed E-state index contributed by atoms with van der Waals surface area (Å²) in [5.74, 6) is 1.68. The Bertz CT molecular complexity index is 355. The maximum atomic E-state index is 6.50. The molecule has 4 fully saturated rings. The highest BCUT2D eigenvalue weighted by atomic mass is 16.7. The minimum Gasteiger partial charge on any atom is -0.347 e. The summed E-state index contributed by atoms with van der Waals surface area (Å²) in [7, 11) is 0. The first-order valence-electron chi connectivity index (χ1n) is 9.48. The number of hydrogen-bond donors (Lipinski definition) is 1. The molecule has 2 aliphatic heterocycles. The maximum Gasteiger partial charge on any atom is 0.169 e. The molecule has 3 heteroatoms. The smallest absolute Gasteiger partial charge is 0.169 e. The van der Waals surface area contributed by atoms with E-state index in [0.717, 1.165) is 24.9 Å². The summed E-state index contributed by atoms with van der Waals surface area (Å²) in [6, 6.07) is 0. The largest absolute Gasteiger partial charge is 0.347 e. The lowest BCUT2D eigenvalue weighted by Gasteiger charge is -2.43. The van der Waals surface area contributed by atoms with Crippen LogP contribution in [-0.4, -0.2) is 38.1 Å². The highest BCUT2D eigenvalue weighted by Gasteiger charge is 2.48. The second kappa shape index (κ2) is 6.17. The van der Waals surface area contributed by atoms with Crippen molar-refractivity contribution < 1.29 is 14.4 Å². The summed E-state index contributed by atoms with van der Waals surface area (Å²) in [4.78, 5) is 1.75. The molecule has 1 spiro atoms. The number of hydrogen-bond acceptors (Lipinski definition) is 2. The van der Waals surface area contributed by atoms with Gasteiger partial charge in [0.25, 0.3) is 0 Å². The third-order valence-electron chi connectivity index (χ3n) is 6.53. The van der Waals surface area contributed by atoms with Gasteiger partial charge in [-0.15, -0.1) is 0 Å². The minimum atomic E-state index is -0.182. The van der Waals surface area contributed by atoms with Crippen LogP contribution in [0.15, 0.2) is 0 Å². The number of rotatable bonds is 2. The summed E-state index contributed by atoms with van der Waals surface area (Å²) in [6.45, 7) is 4.71. The summed E-state index contributed by atoms with van der Waals surface area (Å²) in [5.41, 5.74) is 0. The zero-order chi connectivity index (χ0) is 14.1. The van der Waals surface area contributed by atoms with Gasteiger partial charge in [-0.3, -0.25) is 0 Å². The van der Waals surface area contributed by atoms with Gasteiger partial charge in [-0.2, -0.15) is 0 Å². The van der Waals surface area contributed by atoms with Gasteiger partial charge < -0.3 is 14.4 Å². The van der Waals surface area contributed by atoms with E-state index in [4.69, 9.17) is 9.47 Å². The first-order chi connectivity index (χ1) is 10.3. The Morgan fingerprint density at radius 3 is 2.57 bits per heavy atom. The molecule has 0 amide bonds. The van der Waals surface area contributed by atoms with Gasteiger partial charge in [-0.1, -0.05) is 19.3 Å². The predicted molar refractivity (Wildman–Crippen MR) is 82.3 cm³/mol. The number of piperidine rings is 1. The van der Waals surface area contributed by atoms with E-state index in [2.05, 4.69) is 0 Å². The molecule has 2 heterocycles.